The molecular formula is C25H18I2N2O6. The van der Waals surface area contributed by atoms with Crippen molar-refractivity contribution in [3.63, 3.8) is 0 Å². The lowest BCUT2D eigenvalue weighted by molar-refractivity contribution is -0.384. The Morgan fingerprint density at radius 1 is 1.06 bits per heavy atom. The number of aliphatic imine (C=N–C) groups is 1. The number of hydrogen-bond acceptors (Lipinski definition) is 7. The average molecular weight is 696 g/mol. The van der Waals surface area contributed by atoms with E-state index in [1.807, 2.05) is 37.3 Å². The average Bonchev–Trinajstić information content (AvgIpc) is 3.20. The maximum Gasteiger partial charge on any atom is 0.363 e. The summed E-state index contributed by atoms with van der Waals surface area (Å²) >= 11 is 4.43. The van der Waals surface area contributed by atoms with Crippen LogP contribution in [-0.2, 0) is 16.1 Å². The van der Waals surface area contributed by atoms with Crippen molar-refractivity contribution in [2.24, 2.45) is 4.99 Å². The lowest BCUT2D eigenvalue weighted by Gasteiger charge is -2.15. The molecule has 35 heavy (non-hydrogen) atoms. The summed E-state index contributed by atoms with van der Waals surface area (Å²) < 4.78 is 19.1. The summed E-state index contributed by atoms with van der Waals surface area (Å²) in [6.45, 7) is 2.72. The van der Waals surface area contributed by atoms with E-state index in [1.54, 1.807) is 12.1 Å². The molecule has 178 valence electrons. The van der Waals surface area contributed by atoms with Crippen molar-refractivity contribution in [3.8, 4) is 11.5 Å². The van der Waals surface area contributed by atoms with Gasteiger partial charge in [0, 0.05) is 21.3 Å². The van der Waals surface area contributed by atoms with Crippen molar-refractivity contribution in [1.29, 1.82) is 0 Å². The van der Waals surface area contributed by atoms with Crippen LogP contribution < -0.4 is 9.47 Å². The molecule has 0 saturated heterocycles. The Balaban J connectivity index is 1.59. The van der Waals surface area contributed by atoms with Crippen LogP contribution >= 0.6 is 45.2 Å². The SMILES string of the molecule is CCOc1cc(/C=C2\N=C(c3ccc([N+](=O)[O-])cc3)OC2=O)cc(I)c1OCc1ccc(I)cc1. The molecule has 1 heterocycles. The molecule has 3 aromatic carbocycles. The summed E-state index contributed by atoms with van der Waals surface area (Å²) in [5, 5.41) is 10.9. The Morgan fingerprint density at radius 2 is 1.77 bits per heavy atom. The highest BCUT2D eigenvalue weighted by molar-refractivity contribution is 14.1. The third-order valence-corrected chi connectivity index (χ3v) is 6.40. The zero-order valence-electron chi connectivity index (χ0n) is 18.4. The van der Waals surface area contributed by atoms with Gasteiger partial charge in [-0.3, -0.25) is 10.1 Å². The van der Waals surface area contributed by atoms with E-state index in [0.717, 1.165) is 12.7 Å². The molecule has 4 rings (SSSR count). The van der Waals surface area contributed by atoms with Crippen LogP contribution in [0.3, 0.4) is 0 Å². The van der Waals surface area contributed by atoms with Crippen LogP contribution in [0.2, 0.25) is 0 Å². The second-order valence-corrected chi connectivity index (χ2v) is 9.73. The Hall–Kier alpha value is -3.00. The lowest BCUT2D eigenvalue weighted by atomic mass is 10.1. The number of carbonyl (C=O) groups is 1. The summed E-state index contributed by atoms with van der Waals surface area (Å²) in [4.78, 5) is 27.0. The van der Waals surface area contributed by atoms with Crippen molar-refractivity contribution < 1.29 is 23.9 Å². The molecule has 0 amide bonds. The fourth-order valence-electron chi connectivity index (χ4n) is 3.23. The minimum absolute atomic E-state index is 0.0585. The van der Waals surface area contributed by atoms with Gasteiger partial charge in [-0.05, 0) is 106 Å². The number of cyclic esters (lactones) is 1. The van der Waals surface area contributed by atoms with Gasteiger partial charge in [0.2, 0.25) is 5.90 Å². The van der Waals surface area contributed by atoms with Crippen LogP contribution in [0.1, 0.15) is 23.6 Å². The molecule has 0 fully saturated rings. The highest BCUT2D eigenvalue weighted by Crippen LogP contribution is 2.36. The normalized spacial score (nSPS) is 14.0. The van der Waals surface area contributed by atoms with Crippen LogP contribution in [0.4, 0.5) is 5.69 Å². The lowest BCUT2D eigenvalue weighted by Crippen LogP contribution is -2.05. The van der Waals surface area contributed by atoms with Gasteiger partial charge < -0.3 is 14.2 Å². The molecule has 1 aliphatic heterocycles. The van der Waals surface area contributed by atoms with E-state index in [-0.39, 0.29) is 17.3 Å². The Labute approximate surface area is 228 Å². The molecule has 0 spiro atoms. The summed E-state index contributed by atoms with van der Waals surface area (Å²) in [6, 6.07) is 17.4. The first-order chi connectivity index (χ1) is 16.8. The molecule has 0 aromatic heterocycles. The van der Waals surface area contributed by atoms with Crippen molar-refractivity contribution in [2.75, 3.05) is 6.61 Å². The number of benzene rings is 3. The number of ether oxygens (including phenoxy) is 3. The number of esters is 1. The largest absolute Gasteiger partial charge is 0.490 e. The maximum absolute atomic E-state index is 12.4. The van der Waals surface area contributed by atoms with Crippen LogP contribution in [-0.4, -0.2) is 23.4 Å². The van der Waals surface area contributed by atoms with E-state index < -0.39 is 10.9 Å². The van der Waals surface area contributed by atoms with E-state index >= 15 is 0 Å². The molecule has 0 unspecified atom stereocenters. The maximum atomic E-state index is 12.4. The minimum atomic E-state index is -0.606. The summed E-state index contributed by atoms with van der Waals surface area (Å²) in [5.41, 5.74) is 2.26. The molecule has 1 aliphatic rings. The highest BCUT2D eigenvalue weighted by atomic mass is 127. The summed E-state index contributed by atoms with van der Waals surface area (Å²) in [7, 11) is 0. The molecule has 10 heteroatoms. The third kappa shape index (κ3) is 6.17. The van der Waals surface area contributed by atoms with Gasteiger partial charge in [-0.15, -0.1) is 0 Å². The number of nitro groups is 1. The number of nitrogens with zero attached hydrogens (tertiary/aromatic N) is 2. The molecular weight excluding hydrogens is 678 g/mol. The molecule has 0 bridgehead atoms. The van der Waals surface area contributed by atoms with Gasteiger partial charge in [0.05, 0.1) is 15.1 Å². The molecule has 0 radical (unpaired) electrons. The third-order valence-electron chi connectivity index (χ3n) is 4.88. The first-order valence-corrected chi connectivity index (χ1v) is 12.6. The van der Waals surface area contributed by atoms with Crippen molar-refractivity contribution in [2.45, 2.75) is 13.5 Å². The van der Waals surface area contributed by atoms with E-state index in [9.17, 15) is 14.9 Å². The minimum Gasteiger partial charge on any atom is -0.490 e. The van der Waals surface area contributed by atoms with Gasteiger partial charge in [0.1, 0.15) is 6.61 Å². The number of halogens is 2. The van der Waals surface area contributed by atoms with Gasteiger partial charge in [-0.25, -0.2) is 9.79 Å². The Morgan fingerprint density at radius 3 is 2.43 bits per heavy atom. The number of nitro benzene ring substituents is 1. The van der Waals surface area contributed by atoms with Crippen molar-refractivity contribution in [1.82, 2.24) is 0 Å². The van der Waals surface area contributed by atoms with Crippen molar-refractivity contribution >= 4 is 68.8 Å². The number of non-ortho nitro benzene ring substituents is 1. The van der Waals surface area contributed by atoms with Gasteiger partial charge in [-0.1, -0.05) is 12.1 Å². The van der Waals surface area contributed by atoms with E-state index in [4.69, 9.17) is 14.2 Å². The van der Waals surface area contributed by atoms with Crippen molar-refractivity contribution in [3.05, 3.63) is 100 Å². The predicted octanol–water partition coefficient (Wildman–Crippen LogP) is 6.13. The van der Waals surface area contributed by atoms with Gasteiger partial charge in [0.25, 0.3) is 5.69 Å². The molecule has 3 aromatic rings. The van der Waals surface area contributed by atoms with Crippen LogP contribution in [0.15, 0.2) is 71.4 Å². The summed E-state index contributed by atoms with van der Waals surface area (Å²) in [5.74, 6) is 0.665. The van der Waals surface area contributed by atoms with E-state index in [1.165, 1.54) is 24.3 Å². The molecule has 0 atom stereocenters. The monoisotopic (exact) mass is 696 g/mol. The quantitative estimate of drug-likeness (QED) is 0.0925. The number of carbonyl (C=O) groups excluding carboxylic acids is 1. The molecule has 0 N–H and O–H groups in total. The Bertz CT molecular complexity index is 1340. The van der Waals surface area contributed by atoms with Crippen LogP contribution in [0, 0.1) is 17.3 Å². The molecule has 8 nitrogen and oxygen atoms in total. The fraction of sp³-hybridized carbons (Fsp3) is 0.120. The predicted molar refractivity (Wildman–Crippen MR) is 148 cm³/mol. The smallest absolute Gasteiger partial charge is 0.363 e. The van der Waals surface area contributed by atoms with Gasteiger partial charge in [0.15, 0.2) is 17.2 Å². The Kier molecular flexibility index (Phi) is 8.00. The zero-order valence-corrected chi connectivity index (χ0v) is 22.7. The summed E-state index contributed by atoms with van der Waals surface area (Å²) in [6.07, 6.45) is 1.61. The first kappa shape index (κ1) is 25.1. The first-order valence-electron chi connectivity index (χ1n) is 10.4. The van der Waals surface area contributed by atoms with E-state index in [2.05, 4.69) is 50.2 Å². The molecule has 0 saturated carbocycles. The second kappa shape index (κ2) is 11.2. The second-order valence-electron chi connectivity index (χ2n) is 7.32. The van der Waals surface area contributed by atoms with Crippen LogP contribution in [0.25, 0.3) is 6.08 Å². The van der Waals surface area contributed by atoms with Gasteiger partial charge in [-0.2, -0.15) is 0 Å². The molecule has 0 aliphatic carbocycles. The van der Waals surface area contributed by atoms with Crippen LogP contribution in [0.5, 0.6) is 11.5 Å². The number of hydrogen-bond donors (Lipinski definition) is 0. The zero-order chi connectivity index (χ0) is 24.9. The standard InChI is InChI=1S/C25H18I2N2O6/c1-2-33-22-13-16(11-20(27)23(22)34-14-15-3-7-18(26)8-4-15)12-21-25(30)35-24(28-21)17-5-9-19(10-6-17)29(31)32/h3-13H,2,14H2,1H3/b21-12-. The fourth-order valence-corrected chi connectivity index (χ4v) is 4.37. The number of rotatable bonds is 8. The van der Waals surface area contributed by atoms with E-state index in [0.29, 0.717) is 35.8 Å². The highest BCUT2D eigenvalue weighted by Gasteiger charge is 2.25. The topological polar surface area (TPSA) is 100 Å². The van der Waals surface area contributed by atoms with Gasteiger partial charge >= 0.3 is 5.97 Å².